The molecule has 33 heavy (non-hydrogen) atoms. The van der Waals surface area contributed by atoms with Crippen molar-refractivity contribution >= 4 is 0 Å². The average molecular weight is 444 g/mol. The zero-order chi connectivity index (χ0) is 23.5. The number of nitrogens with two attached hydrogens (primary N) is 1. The van der Waals surface area contributed by atoms with Gasteiger partial charge in [-0.1, -0.05) is 36.4 Å². The van der Waals surface area contributed by atoms with Crippen LogP contribution in [0.2, 0.25) is 0 Å². The van der Waals surface area contributed by atoms with Gasteiger partial charge in [0.25, 0.3) is 5.56 Å². The topological polar surface area (TPSA) is 99.5 Å². The third-order valence-corrected chi connectivity index (χ3v) is 5.89. The summed E-state index contributed by atoms with van der Waals surface area (Å²) in [5.41, 5.74) is 9.10. The molecule has 0 unspecified atom stereocenters. The minimum Gasteiger partial charge on any atom is -0.493 e. The molecule has 0 saturated carbocycles. The molecule has 1 aliphatic rings. The van der Waals surface area contributed by atoms with E-state index in [0.717, 1.165) is 16.8 Å². The SMILES string of the molecule is COc1ccc(CCn2c(C)cc3c(c2=O)[C@@H](c2ccccc2)C(C#N)=C(N)O3)cc1OC. The number of rotatable bonds is 6. The van der Waals surface area contributed by atoms with Crippen molar-refractivity contribution in [2.75, 3.05) is 14.2 Å². The summed E-state index contributed by atoms with van der Waals surface area (Å²) in [6, 6.07) is 19.1. The number of benzene rings is 2. The summed E-state index contributed by atoms with van der Waals surface area (Å²) < 4.78 is 18.1. The number of hydrogen-bond acceptors (Lipinski definition) is 6. The lowest BCUT2D eigenvalue weighted by molar-refractivity contribution is 0.354. The van der Waals surface area contributed by atoms with Crippen LogP contribution in [0, 0.1) is 18.3 Å². The zero-order valence-electron chi connectivity index (χ0n) is 18.8. The maximum absolute atomic E-state index is 13.7. The van der Waals surface area contributed by atoms with Crippen LogP contribution in [0.25, 0.3) is 0 Å². The molecule has 2 N–H and O–H groups in total. The van der Waals surface area contributed by atoms with Crippen molar-refractivity contribution in [2.24, 2.45) is 5.73 Å². The van der Waals surface area contributed by atoms with Gasteiger partial charge < -0.3 is 24.5 Å². The molecule has 0 radical (unpaired) electrons. The van der Waals surface area contributed by atoms with Gasteiger partial charge in [0.1, 0.15) is 17.4 Å². The molecule has 7 nitrogen and oxygen atoms in total. The summed E-state index contributed by atoms with van der Waals surface area (Å²) in [5.74, 6) is 1.13. The second-order valence-corrected chi connectivity index (χ2v) is 7.80. The van der Waals surface area contributed by atoms with Crippen LogP contribution in [0.1, 0.15) is 28.3 Å². The maximum Gasteiger partial charge on any atom is 0.258 e. The van der Waals surface area contributed by atoms with Crippen molar-refractivity contribution < 1.29 is 14.2 Å². The summed E-state index contributed by atoms with van der Waals surface area (Å²) in [7, 11) is 3.19. The van der Waals surface area contributed by atoms with Crippen molar-refractivity contribution in [3.05, 3.63) is 98.8 Å². The number of aromatic nitrogens is 1. The predicted molar refractivity (Wildman–Crippen MR) is 124 cm³/mol. The minimum atomic E-state index is -0.583. The van der Waals surface area contributed by atoms with Crippen LogP contribution in [0.15, 0.2) is 70.8 Å². The third kappa shape index (κ3) is 4.03. The Bertz CT molecular complexity index is 1320. The number of methoxy groups -OCH3 is 2. The Morgan fingerprint density at radius 2 is 1.82 bits per heavy atom. The van der Waals surface area contributed by atoms with E-state index in [4.69, 9.17) is 19.9 Å². The van der Waals surface area contributed by atoms with Gasteiger partial charge in [-0.15, -0.1) is 0 Å². The molecular weight excluding hydrogens is 418 g/mol. The molecule has 3 aromatic rings. The third-order valence-electron chi connectivity index (χ3n) is 5.89. The Labute approximate surface area is 192 Å². The highest BCUT2D eigenvalue weighted by atomic mass is 16.5. The molecule has 168 valence electrons. The fraction of sp³-hybridized carbons (Fsp3) is 0.231. The standard InChI is InChI=1S/C26H25N3O4/c1-16-13-22-24(23(18-7-5-4-6-8-18)19(15-27)25(28)33-22)26(30)29(16)12-11-17-9-10-20(31-2)21(14-17)32-3/h4-10,13-14,23H,11-12,28H2,1-3H3/t23-/m0/s1. The lowest BCUT2D eigenvalue weighted by Gasteiger charge is -2.27. The quantitative estimate of drug-likeness (QED) is 0.625. The molecule has 2 heterocycles. The van der Waals surface area contributed by atoms with E-state index in [9.17, 15) is 10.1 Å². The molecule has 1 aromatic heterocycles. The second kappa shape index (κ2) is 9.13. The minimum absolute atomic E-state index is 0.0285. The van der Waals surface area contributed by atoms with Gasteiger partial charge >= 0.3 is 0 Å². The molecule has 0 aliphatic carbocycles. The van der Waals surface area contributed by atoms with E-state index in [1.807, 2.05) is 61.5 Å². The molecule has 0 amide bonds. The Morgan fingerprint density at radius 1 is 1.09 bits per heavy atom. The molecule has 1 atom stereocenters. The van der Waals surface area contributed by atoms with E-state index in [0.29, 0.717) is 35.8 Å². The molecule has 2 aromatic carbocycles. The van der Waals surface area contributed by atoms with E-state index < -0.39 is 5.92 Å². The second-order valence-electron chi connectivity index (χ2n) is 7.80. The van der Waals surface area contributed by atoms with E-state index in [1.54, 1.807) is 18.8 Å². The number of ether oxygens (including phenoxy) is 3. The summed E-state index contributed by atoms with van der Waals surface area (Å²) in [6.45, 7) is 2.31. The molecular formula is C26H25N3O4. The summed E-state index contributed by atoms with van der Waals surface area (Å²) in [5, 5.41) is 9.78. The molecule has 0 fully saturated rings. The van der Waals surface area contributed by atoms with Crippen molar-refractivity contribution in [2.45, 2.75) is 25.8 Å². The number of aryl methyl sites for hydroxylation is 2. The van der Waals surface area contributed by atoms with E-state index >= 15 is 0 Å². The monoisotopic (exact) mass is 443 g/mol. The molecule has 4 rings (SSSR count). The fourth-order valence-electron chi connectivity index (χ4n) is 4.22. The predicted octanol–water partition coefficient (Wildman–Crippen LogP) is 3.63. The van der Waals surface area contributed by atoms with Crippen LogP contribution < -0.4 is 25.5 Å². The number of fused-ring (bicyclic) bond motifs is 1. The van der Waals surface area contributed by atoms with Gasteiger partial charge in [-0.05, 0) is 36.6 Å². The maximum atomic E-state index is 13.7. The zero-order valence-corrected chi connectivity index (χ0v) is 18.8. The van der Waals surface area contributed by atoms with Crippen LogP contribution in [0.5, 0.6) is 17.2 Å². The van der Waals surface area contributed by atoms with Gasteiger partial charge in [-0.3, -0.25) is 4.79 Å². The van der Waals surface area contributed by atoms with E-state index in [1.165, 1.54) is 0 Å². The first kappa shape index (κ1) is 22.0. The van der Waals surface area contributed by atoms with Crippen LogP contribution in [-0.2, 0) is 13.0 Å². The summed E-state index contributed by atoms with van der Waals surface area (Å²) in [4.78, 5) is 13.7. The first-order valence-electron chi connectivity index (χ1n) is 10.6. The molecule has 7 heteroatoms. The number of nitrogens with zero attached hydrogens (tertiary/aromatic N) is 2. The van der Waals surface area contributed by atoms with Crippen molar-refractivity contribution in [3.63, 3.8) is 0 Å². The average Bonchev–Trinajstić information content (AvgIpc) is 2.83. The first-order chi connectivity index (χ1) is 16.0. The van der Waals surface area contributed by atoms with Crippen molar-refractivity contribution in [1.82, 2.24) is 4.57 Å². The van der Waals surface area contributed by atoms with Gasteiger partial charge in [0.2, 0.25) is 5.88 Å². The fourth-order valence-corrected chi connectivity index (χ4v) is 4.22. The van der Waals surface area contributed by atoms with Gasteiger partial charge in [0.05, 0.1) is 25.7 Å². The van der Waals surface area contributed by atoms with Gasteiger partial charge in [-0.2, -0.15) is 5.26 Å². The summed E-state index contributed by atoms with van der Waals surface area (Å²) in [6.07, 6.45) is 0.611. The highest BCUT2D eigenvalue weighted by molar-refractivity contribution is 5.55. The Kier molecular flexibility index (Phi) is 6.09. The van der Waals surface area contributed by atoms with E-state index in [2.05, 4.69) is 6.07 Å². The lowest BCUT2D eigenvalue weighted by Crippen LogP contribution is -2.33. The number of allylic oxidation sites excluding steroid dienone is 1. The van der Waals surface area contributed by atoms with Crippen LogP contribution in [-0.4, -0.2) is 18.8 Å². The highest BCUT2D eigenvalue weighted by Gasteiger charge is 2.34. The Hall–Kier alpha value is -4.18. The van der Waals surface area contributed by atoms with Gasteiger partial charge in [0, 0.05) is 18.3 Å². The Balaban J connectivity index is 1.76. The smallest absolute Gasteiger partial charge is 0.258 e. The first-order valence-corrected chi connectivity index (χ1v) is 10.6. The number of hydrogen-bond donors (Lipinski definition) is 1. The number of nitriles is 1. The highest BCUT2D eigenvalue weighted by Crippen LogP contribution is 2.40. The summed E-state index contributed by atoms with van der Waals surface area (Å²) >= 11 is 0. The normalized spacial score (nSPS) is 14.8. The van der Waals surface area contributed by atoms with Crippen LogP contribution >= 0.6 is 0 Å². The van der Waals surface area contributed by atoms with E-state index in [-0.39, 0.29) is 17.0 Å². The Morgan fingerprint density at radius 3 is 2.48 bits per heavy atom. The van der Waals surface area contributed by atoms with Crippen molar-refractivity contribution in [3.8, 4) is 23.3 Å². The van der Waals surface area contributed by atoms with Gasteiger partial charge in [0.15, 0.2) is 11.5 Å². The van der Waals surface area contributed by atoms with Crippen LogP contribution in [0.3, 0.4) is 0 Å². The number of pyridine rings is 1. The molecule has 0 saturated heterocycles. The van der Waals surface area contributed by atoms with Gasteiger partial charge in [-0.25, -0.2) is 0 Å². The molecule has 0 spiro atoms. The largest absolute Gasteiger partial charge is 0.493 e. The van der Waals surface area contributed by atoms with Crippen molar-refractivity contribution in [1.29, 1.82) is 5.26 Å². The molecule has 1 aliphatic heterocycles. The lowest BCUT2D eigenvalue weighted by atomic mass is 9.84. The molecule has 0 bridgehead atoms. The van der Waals surface area contributed by atoms with Crippen LogP contribution in [0.4, 0.5) is 0 Å².